The molecule has 0 amide bonds. The van der Waals surface area contributed by atoms with Gasteiger partial charge in [-0.3, -0.25) is 10.1 Å². The lowest BCUT2D eigenvalue weighted by Crippen LogP contribution is -2.06. The first kappa shape index (κ1) is 23.9. The number of aromatic nitrogens is 6. The lowest BCUT2D eigenvalue weighted by atomic mass is 10.00. The van der Waals surface area contributed by atoms with Crippen molar-refractivity contribution in [3.63, 3.8) is 0 Å². The summed E-state index contributed by atoms with van der Waals surface area (Å²) in [6.45, 7) is 2.02. The van der Waals surface area contributed by atoms with Crippen molar-refractivity contribution < 1.29 is 12.8 Å². The molecule has 0 aliphatic heterocycles. The van der Waals surface area contributed by atoms with E-state index in [1.165, 1.54) is 18.4 Å². The minimum absolute atomic E-state index is 0.0459. The van der Waals surface area contributed by atoms with E-state index in [0.29, 0.717) is 33.7 Å². The fourth-order valence-electron chi connectivity index (χ4n) is 4.63. The molecule has 0 spiro atoms. The minimum Gasteiger partial charge on any atom is -0.338 e. The lowest BCUT2D eigenvalue weighted by Gasteiger charge is -2.07. The van der Waals surface area contributed by atoms with E-state index < -0.39 is 15.7 Å². The first-order valence-electron chi connectivity index (χ1n) is 12.0. The molecule has 0 atom stereocenters. The zero-order chi connectivity index (χ0) is 26.4. The van der Waals surface area contributed by atoms with E-state index in [1.807, 2.05) is 43.3 Å². The Labute approximate surface area is 217 Å². The number of halogens is 1. The number of benzene rings is 1. The highest BCUT2D eigenvalue weighted by Crippen LogP contribution is 2.34. The molecule has 0 fully saturated rings. The fraction of sp³-hybridized carbons (Fsp3) is 0.143. The van der Waals surface area contributed by atoms with Crippen LogP contribution in [0, 0.1) is 12.7 Å². The number of hydrogen-bond acceptors (Lipinski definition) is 6. The van der Waals surface area contributed by atoms with E-state index in [-0.39, 0.29) is 12.2 Å². The second kappa shape index (κ2) is 9.14. The smallest absolute Gasteiger partial charge is 0.147 e. The lowest BCUT2D eigenvalue weighted by molar-refractivity contribution is 0.600. The molecule has 8 nitrogen and oxygen atoms in total. The van der Waals surface area contributed by atoms with Gasteiger partial charge in [-0.1, -0.05) is 6.07 Å². The van der Waals surface area contributed by atoms with E-state index in [1.54, 1.807) is 18.6 Å². The van der Waals surface area contributed by atoms with E-state index in [0.717, 1.165) is 33.3 Å². The van der Waals surface area contributed by atoms with Crippen LogP contribution in [0.5, 0.6) is 0 Å². The third kappa shape index (κ3) is 4.54. The van der Waals surface area contributed by atoms with Gasteiger partial charge in [0.1, 0.15) is 32.5 Å². The Morgan fingerprint density at radius 3 is 2.68 bits per heavy atom. The van der Waals surface area contributed by atoms with Crippen molar-refractivity contribution in [3.05, 3.63) is 84.1 Å². The van der Waals surface area contributed by atoms with Crippen LogP contribution in [0.15, 0.2) is 67.1 Å². The minimum atomic E-state index is -3.17. The molecular weight excluding hydrogens is 503 g/mol. The van der Waals surface area contributed by atoms with Crippen molar-refractivity contribution in [2.75, 3.05) is 12.0 Å². The van der Waals surface area contributed by atoms with Crippen LogP contribution in [0.1, 0.15) is 11.1 Å². The summed E-state index contributed by atoms with van der Waals surface area (Å²) in [5.41, 5.74) is 8.31. The molecular formula is C28H23FN6O2S. The average molecular weight is 527 g/mol. The summed E-state index contributed by atoms with van der Waals surface area (Å²) in [4.78, 5) is 16.9. The maximum atomic E-state index is 14.5. The highest BCUT2D eigenvalue weighted by atomic mass is 32.2. The maximum absolute atomic E-state index is 14.5. The van der Waals surface area contributed by atoms with Crippen LogP contribution in [0.2, 0.25) is 0 Å². The van der Waals surface area contributed by atoms with E-state index in [2.05, 4.69) is 25.1 Å². The zero-order valence-corrected chi connectivity index (χ0v) is 21.5. The second-order valence-electron chi connectivity index (χ2n) is 9.39. The molecule has 0 saturated carbocycles. The maximum Gasteiger partial charge on any atom is 0.147 e. The van der Waals surface area contributed by atoms with Crippen LogP contribution in [0.3, 0.4) is 0 Å². The molecule has 0 radical (unpaired) electrons. The van der Waals surface area contributed by atoms with Gasteiger partial charge >= 0.3 is 0 Å². The van der Waals surface area contributed by atoms with Crippen molar-refractivity contribution >= 4 is 31.9 Å². The van der Waals surface area contributed by atoms with Gasteiger partial charge in [-0.25, -0.2) is 22.8 Å². The molecule has 0 aliphatic rings. The van der Waals surface area contributed by atoms with Gasteiger partial charge in [0.25, 0.3) is 0 Å². The number of H-pyrrole nitrogens is 2. The predicted molar refractivity (Wildman–Crippen MR) is 146 cm³/mol. The summed E-state index contributed by atoms with van der Waals surface area (Å²) in [6.07, 6.45) is 6.62. The van der Waals surface area contributed by atoms with Gasteiger partial charge in [-0.05, 0) is 78.1 Å². The van der Waals surface area contributed by atoms with Crippen molar-refractivity contribution in [3.8, 4) is 33.8 Å². The van der Waals surface area contributed by atoms with Crippen molar-refractivity contribution in [2.45, 2.75) is 13.3 Å². The van der Waals surface area contributed by atoms with E-state index in [4.69, 9.17) is 4.98 Å². The SMILES string of the molecule is Cc1ccncc1-c1ccc2[nH]nc(-c3cc4c(-c5cc(F)cc(CCS(C)(=O)=O)c5)ccnc4[nH]3)c2n1. The molecule has 0 saturated heterocycles. The van der Waals surface area contributed by atoms with Gasteiger partial charge < -0.3 is 4.98 Å². The number of aryl methyl sites for hydroxylation is 2. The number of nitrogens with zero attached hydrogens (tertiary/aromatic N) is 4. The van der Waals surface area contributed by atoms with Gasteiger partial charge in [0, 0.05) is 35.8 Å². The summed E-state index contributed by atoms with van der Waals surface area (Å²) in [7, 11) is -3.17. The van der Waals surface area contributed by atoms with Crippen molar-refractivity contribution in [1.82, 2.24) is 30.1 Å². The van der Waals surface area contributed by atoms with Gasteiger partial charge in [-0.15, -0.1) is 0 Å². The average Bonchev–Trinajstić information content (AvgIpc) is 3.50. The molecule has 6 aromatic rings. The third-order valence-corrected chi connectivity index (χ3v) is 7.49. The Balaban J connectivity index is 1.44. The number of hydrogen-bond donors (Lipinski definition) is 2. The number of rotatable bonds is 6. The molecule has 38 heavy (non-hydrogen) atoms. The molecule has 6 rings (SSSR count). The number of pyridine rings is 3. The molecule has 0 unspecified atom stereocenters. The van der Waals surface area contributed by atoms with Crippen molar-refractivity contribution in [1.29, 1.82) is 0 Å². The quantitative estimate of drug-likeness (QED) is 0.306. The zero-order valence-electron chi connectivity index (χ0n) is 20.7. The Morgan fingerprint density at radius 1 is 1.00 bits per heavy atom. The van der Waals surface area contributed by atoms with E-state index in [9.17, 15) is 12.8 Å². The largest absolute Gasteiger partial charge is 0.338 e. The molecule has 5 heterocycles. The summed E-state index contributed by atoms with van der Waals surface area (Å²) < 4.78 is 37.8. The molecule has 0 bridgehead atoms. The van der Waals surface area contributed by atoms with Crippen LogP contribution < -0.4 is 0 Å². The van der Waals surface area contributed by atoms with Gasteiger partial charge in [0.05, 0.1) is 22.7 Å². The fourth-order valence-corrected chi connectivity index (χ4v) is 5.24. The summed E-state index contributed by atoms with van der Waals surface area (Å²) >= 11 is 0. The predicted octanol–water partition coefficient (Wildman–Crippen LogP) is 5.26. The second-order valence-corrected chi connectivity index (χ2v) is 11.6. The Morgan fingerprint density at radius 2 is 1.87 bits per heavy atom. The first-order valence-corrected chi connectivity index (χ1v) is 14.0. The van der Waals surface area contributed by atoms with Crippen molar-refractivity contribution in [2.24, 2.45) is 0 Å². The molecule has 5 aromatic heterocycles. The highest BCUT2D eigenvalue weighted by Gasteiger charge is 2.17. The Kier molecular flexibility index (Phi) is 5.76. The monoisotopic (exact) mass is 526 g/mol. The van der Waals surface area contributed by atoms with Crippen LogP contribution >= 0.6 is 0 Å². The third-order valence-electron chi connectivity index (χ3n) is 6.54. The van der Waals surface area contributed by atoms with Crippen LogP contribution in [0.4, 0.5) is 4.39 Å². The highest BCUT2D eigenvalue weighted by molar-refractivity contribution is 7.90. The number of sulfone groups is 1. The summed E-state index contributed by atoms with van der Waals surface area (Å²) in [5, 5.41) is 8.35. The van der Waals surface area contributed by atoms with Gasteiger partial charge in [0.2, 0.25) is 0 Å². The molecule has 2 N–H and O–H groups in total. The number of fused-ring (bicyclic) bond motifs is 2. The molecule has 190 valence electrons. The molecule has 1 aromatic carbocycles. The number of aromatic amines is 2. The first-order chi connectivity index (χ1) is 18.2. The summed E-state index contributed by atoms with van der Waals surface area (Å²) in [6, 6.07) is 14.2. The van der Waals surface area contributed by atoms with E-state index >= 15 is 0 Å². The standard InChI is InChI=1S/C28H23FN6O2S/c1-16-5-8-30-15-22(16)23-3-4-24-26(32-23)27(35-34-24)25-14-21-20(6-9-31-28(21)33-25)18-11-17(12-19(29)13-18)7-10-38(2,36)37/h3-6,8-9,11-15H,7,10H2,1-2H3,(H,31,33)(H,34,35). The summed E-state index contributed by atoms with van der Waals surface area (Å²) in [5.74, 6) is -0.470. The van der Waals surface area contributed by atoms with Crippen LogP contribution in [-0.4, -0.2) is 50.6 Å². The number of nitrogens with one attached hydrogen (secondary N) is 2. The Bertz CT molecular complexity index is 1940. The normalized spacial score (nSPS) is 12.0. The van der Waals surface area contributed by atoms with Gasteiger partial charge in [0.15, 0.2) is 0 Å². The topological polar surface area (TPSA) is 117 Å². The Hall–Kier alpha value is -4.44. The molecule has 10 heteroatoms. The van der Waals surface area contributed by atoms with Gasteiger partial charge in [-0.2, -0.15) is 5.10 Å². The molecule has 0 aliphatic carbocycles. The van der Waals surface area contributed by atoms with Crippen LogP contribution in [-0.2, 0) is 16.3 Å². The van der Waals surface area contributed by atoms with Crippen LogP contribution in [0.25, 0.3) is 55.8 Å².